The third-order valence-corrected chi connectivity index (χ3v) is 3.93. The third-order valence-electron chi connectivity index (χ3n) is 2.81. The molecule has 3 aromatic rings. The van der Waals surface area contributed by atoms with E-state index in [1.807, 2.05) is 12.1 Å². The van der Waals surface area contributed by atoms with Crippen LogP contribution in [0.5, 0.6) is 0 Å². The SMILES string of the molecule is CCCSc1nnc2ccc(-c3ccc(F)cc3)nn12. The van der Waals surface area contributed by atoms with Gasteiger partial charge in [0, 0.05) is 11.3 Å². The van der Waals surface area contributed by atoms with Crippen LogP contribution in [-0.2, 0) is 0 Å². The molecular weight excluding hydrogens is 275 g/mol. The van der Waals surface area contributed by atoms with Crippen molar-refractivity contribution in [2.24, 2.45) is 0 Å². The first-order chi connectivity index (χ1) is 9.78. The number of thioether (sulfide) groups is 1. The molecule has 102 valence electrons. The molecule has 6 heteroatoms. The Hall–Kier alpha value is -1.95. The fourth-order valence-corrected chi connectivity index (χ4v) is 2.57. The Morgan fingerprint density at radius 2 is 1.90 bits per heavy atom. The van der Waals surface area contributed by atoms with E-state index in [0.29, 0.717) is 0 Å². The van der Waals surface area contributed by atoms with E-state index < -0.39 is 0 Å². The van der Waals surface area contributed by atoms with E-state index in [9.17, 15) is 4.39 Å². The monoisotopic (exact) mass is 288 g/mol. The van der Waals surface area contributed by atoms with Crippen LogP contribution in [0.2, 0.25) is 0 Å². The van der Waals surface area contributed by atoms with Crippen LogP contribution in [0.4, 0.5) is 4.39 Å². The lowest BCUT2D eigenvalue weighted by atomic mass is 10.1. The molecule has 0 unspecified atom stereocenters. The van der Waals surface area contributed by atoms with Crippen LogP contribution in [-0.4, -0.2) is 25.6 Å². The van der Waals surface area contributed by atoms with Crippen molar-refractivity contribution >= 4 is 17.4 Å². The van der Waals surface area contributed by atoms with Crippen molar-refractivity contribution in [3.05, 3.63) is 42.2 Å². The highest BCUT2D eigenvalue weighted by atomic mass is 32.2. The molecule has 0 fully saturated rings. The maximum absolute atomic E-state index is 13.0. The topological polar surface area (TPSA) is 43.1 Å². The van der Waals surface area contributed by atoms with Gasteiger partial charge in [-0.25, -0.2) is 4.39 Å². The van der Waals surface area contributed by atoms with Gasteiger partial charge in [0.05, 0.1) is 5.69 Å². The molecule has 0 aliphatic carbocycles. The molecule has 0 amide bonds. The van der Waals surface area contributed by atoms with Crippen molar-refractivity contribution in [2.45, 2.75) is 18.5 Å². The fraction of sp³-hybridized carbons (Fsp3) is 0.214. The van der Waals surface area contributed by atoms with E-state index in [2.05, 4.69) is 22.2 Å². The van der Waals surface area contributed by atoms with Gasteiger partial charge in [0.1, 0.15) is 5.82 Å². The van der Waals surface area contributed by atoms with Crippen LogP contribution in [0.1, 0.15) is 13.3 Å². The maximum Gasteiger partial charge on any atom is 0.212 e. The molecule has 0 aliphatic rings. The van der Waals surface area contributed by atoms with Crippen molar-refractivity contribution in [1.82, 2.24) is 19.8 Å². The highest BCUT2D eigenvalue weighted by Crippen LogP contribution is 2.21. The summed E-state index contributed by atoms with van der Waals surface area (Å²) in [6, 6.07) is 10.0. The number of fused-ring (bicyclic) bond motifs is 1. The predicted octanol–water partition coefficient (Wildman–Crippen LogP) is 3.43. The summed E-state index contributed by atoms with van der Waals surface area (Å²) in [7, 11) is 0. The largest absolute Gasteiger partial charge is 0.212 e. The smallest absolute Gasteiger partial charge is 0.207 e. The first-order valence-electron chi connectivity index (χ1n) is 6.39. The van der Waals surface area contributed by atoms with Crippen molar-refractivity contribution in [3.8, 4) is 11.3 Å². The zero-order valence-electron chi connectivity index (χ0n) is 11.0. The lowest BCUT2D eigenvalue weighted by Crippen LogP contribution is -1.96. The molecule has 0 spiro atoms. The van der Waals surface area contributed by atoms with Gasteiger partial charge in [-0.05, 0) is 42.8 Å². The summed E-state index contributed by atoms with van der Waals surface area (Å²) in [5, 5.41) is 13.5. The van der Waals surface area contributed by atoms with E-state index in [4.69, 9.17) is 0 Å². The summed E-state index contributed by atoms with van der Waals surface area (Å²) in [6.07, 6.45) is 1.07. The number of nitrogens with zero attached hydrogens (tertiary/aromatic N) is 4. The highest BCUT2D eigenvalue weighted by molar-refractivity contribution is 7.99. The summed E-state index contributed by atoms with van der Waals surface area (Å²) in [5.41, 5.74) is 2.36. The molecule has 0 atom stereocenters. The van der Waals surface area contributed by atoms with Crippen molar-refractivity contribution in [3.63, 3.8) is 0 Å². The second-order valence-electron chi connectivity index (χ2n) is 4.33. The van der Waals surface area contributed by atoms with Crippen LogP contribution >= 0.6 is 11.8 Å². The van der Waals surface area contributed by atoms with Crippen LogP contribution in [0, 0.1) is 5.82 Å². The summed E-state index contributed by atoms with van der Waals surface area (Å²) < 4.78 is 14.7. The molecule has 0 radical (unpaired) electrons. The quantitative estimate of drug-likeness (QED) is 0.690. The van der Waals surface area contributed by atoms with Gasteiger partial charge in [0.15, 0.2) is 5.65 Å². The van der Waals surface area contributed by atoms with Crippen LogP contribution in [0.25, 0.3) is 16.9 Å². The fourth-order valence-electron chi connectivity index (χ4n) is 1.83. The van der Waals surface area contributed by atoms with E-state index in [0.717, 1.165) is 34.2 Å². The zero-order valence-corrected chi connectivity index (χ0v) is 11.8. The van der Waals surface area contributed by atoms with Gasteiger partial charge in [0.2, 0.25) is 5.16 Å². The number of aromatic nitrogens is 4. The second-order valence-corrected chi connectivity index (χ2v) is 5.39. The molecule has 0 saturated heterocycles. The number of rotatable bonds is 4. The number of benzene rings is 1. The van der Waals surface area contributed by atoms with Gasteiger partial charge in [-0.15, -0.1) is 10.2 Å². The van der Waals surface area contributed by atoms with Gasteiger partial charge < -0.3 is 0 Å². The molecule has 2 aromatic heterocycles. The average Bonchev–Trinajstić information content (AvgIpc) is 2.88. The first-order valence-corrected chi connectivity index (χ1v) is 7.37. The lowest BCUT2D eigenvalue weighted by Gasteiger charge is -2.02. The van der Waals surface area contributed by atoms with Crippen molar-refractivity contribution < 1.29 is 4.39 Å². The summed E-state index contributed by atoms with van der Waals surface area (Å²) in [6.45, 7) is 2.12. The van der Waals surface area contributed by atoms with Crippen LogP contribution < -0.4 is 0 Å². The zero-order chi connectivity index (χ0) is 13.9. The van der Waals surface area contributed by atoms with Crippen molar-refractivity contribution in [1.29, 1.82) is 0 Å². The Morgan fingerprint density at radius 3 is 2.65 bits per heavy atom. The molecule has 0 N–H and O–H groups in total. The Kier molecular flexibility index (Phi) is 3.64. The third kappa shape index (κ3) is 2.51. The average molecular weight is 288 g/mol. The standard InChI is InChI=1S/C14H13FN4S/c1-2-9-20-14-17-16-13-8-7-12(18-19(13)14)10-3-5-11(15)6-4-10/h3-8H,2,9H2,1H3. The molecule has 0 bridgehead atoms. The van der Waals surface area contributed by atoms with Crippen LogP contribution in [0.15, 0.2) is 41.6 Å². The number of halogens is 1. The minimum absolute atomic E-state index is 0.252. The number of hydrogen-bond acceptors (Lipinski definition) is 4. The first kappa shape index (κ1) is 13.1. The highest BCUT2D eigenvalue weighted by Gasteiger charge is 2.08. The van der Waals surface area contributed by atoms with Gasteiger partial charge in [0.25, 0.3) is 0 Å². The van der Waals surface area contributed by atoms with E-state index in [1.54, 1.807) is 28.4 Å². The maximum atomic E-state index is 13.0. The van der Waals surface area contributed by atoms with Gasteiger partial charge in [-0.3, -0.25) is 0 Å². The van der Waals surface area contributed by atoms with Gasteiger partial charge in [-0.1, -0.05) is 18.7 Å². The molecule has 0 saturated carbocycles. The summed E-state index contributed by atoms with van der Waals surface area (Å²) in [4.78, 5) is 0. The minimum atomic E-state index is -0.252. The molecular formula is C14H13FN4S. The molecule has 2 heterocycles. The second kappa shape index (κ2) is 5.58. The number of hydrogen-bond donors (Lipinski definition) is 0. The Labute approximate surface area is 120 Å². The van der Waals surface area contributed by atoms with Crippen LogP contribution in [0.3, 0.4) is 0 Å². The molecule has 3 rings (SSSR count). The predicted molar refractivity (Wildman–Crippen MR) is 77.2 cm³/mol. The molecule has 0 aliphatic heterocycles. The molecule has 4 nitrogen and oxygen atoms in total. The lowest BCUT2D eigenvalue weighted by molar-refractivity contribution is 0.628. The van der Waals surface area contributed by atoms with E-state index in [-0.39, 0.29) is 5.82 Å². The van der Waals surface area contributed by atoms with Gasteiger partial charge in [-0.2, -0.15) is 9.61 Å². The Bertz CT molecular complexity index is 724. The minimum Gasteiger partial charge on any atom is -0.207 e. The van der Waals surface area contributed by atoms with Gasteiger partial charge >= 0.3 is 0 Å². The molecule has 1 aromatic carbocycles. The summed E-state index contributed by atoms with van der Waals surface area (Å²) in [5.74, 6) is 0.724. The van der Waals surface area contributed by atoms with Crippen molar-refractivity contribution in [2.75, 3.05) is 5.75 Å². The summed E-state index contributed by atoms with van der Waals surface area (Å²) >= 11 is 1.63. The Morgan fingerprint density at radius 1 is 1.10 bits per heavy atom. The Balaban J connectivity index is 2.02. The van der Waals surface area contributed by atoms with E-state index in [1.165, 1.54) is 12.1 Å². The van der Waals surface area contributed by atoms with E-state index >= 15 is 0 Å². The molecule has 20 heavy (non-hydrogen) atoms. The normalized spacial score (nSPS) is 11.1.